The lowest BCUT2D eigenvalue weighted by molar-refractivity contribution is -0.143. The SMILES string of the molecule is CSCCC(NC(=O)C(N)CCC(=O)O)C(=O)NC(CS)C(=O)NC(CC(N)=O)C(=O)O. The van der Waals surface area contributed by atoms with E-state index < -0.39 is 66.2 Å². The second-order valence-corrected chi connectivity index (χ2v) is 8.05. The Labute approximate surface area is 194 Å². The van der Waals surface area contributed by atoms with Gasteiger partial charge in [0.2, 0.25) is 23.6 Å². The summed E-state index contributed by atoms with van der Waals surface area (Å²) in [6, 6.07) is -5.08. The monoisotopic (exact) mass is 495 g/mol. The molecule has 0 saturated carbocycles. The molecule has 32 heavy (non-hydrogen) atoms. The van der Waals surface area contributed by atoms with Crippen LogP contribution in [0.3, 0.4) is 0 Å². The number of rotatable bonds is 16. The third kappa shape index (κ3) is 11.8. The van der Waals surface area contributed by atoms with E-state index in [1.165, 1.54) is 11.8 Å². The molecule has 0 saturated heterocycles. The van der Waals surface area contributed by atoms with E-state index in [9.17, 15) is 28.8 Å². The number of carbonyl (C=O) groups excluding carboxylic acids is 4. The Morgan fingerprint density at radius 1 is 0.906 bits per heavy atom. The van der Waals surface area contributed by atoms with Crippen molar-refractivity contribution < 1.29 is 39.0 Å². The maximum atomic E-state index is 12.7. The van der Waals surface area contributed by atoms with E-state index in [-0.39, 0.29) is 25.0 Å². The molecule has 4 amide bonds. The van der Waals surface area contributed by atoms with Crippen molar-refractivity contribution in [3.05, 3.63) is 0 Å². The molecule has 182 valence electrons. The van der Waals surface area contributed by atoms with E-state index >= 15 is 0 Å². The molecular formula is C17H29N5O8S2. The molecule has 0 bridgehead atoms. The molecular weight excluding hydrogens is 466 g/mol. The highest BCUT2D eigenvalue weighted by Gasteiger charge is 2.30. The van der Waals surface area contributed by atoms with Crippen LogP contribution >= 0.6 is 24.4 Å². The number of thiol groups is 1. The first-order chi connectivity index (χ1) is 14.9. The van der Waals surface area contributed by atoms with Crippen LogP contribution in [0, 0.1) is 0 Å². The highest BCUT2D eigenvalue weighted by atomic mass is 32.2. The first-order valence-corrected chi connectivity index (χ1v) is 11.4. The molecule has 0 fully saturated rings. The lowest BCUT2D eigenvalue weighted by Gasteiger charge is -2.24. The molecule has 0 aromatic carbocycles. The van der Waals surface area contributed by atoms with Crippen molar-refractivity contribution in [2.24, 2.45) is 11.5 Å². The molecule has 0 heterocycles. The lowest BCUT2D eigenvalue weighted by atomic mass is 10.1. The van der Waals surface area contributed by atoms with E-state index in [1.54, 1.807) is 6.26 Å². The summed E-state index contributed by atoms with van der Waals surface area (Å²) in [5, 5.41) is 24.7. The van der Waals surface area contributed by atoms with Gasteiger partial charge in [-0.1, -0.05) is 0 Å². The molecule has 9 N–H and O–H groups in total. The van der Waals surface area contributed by atoms with Gasteiger partial charge in [-0.05, 0) is 24.9 Å². The predicted octanol–water partition coefficient (Wildman–Crippen LogP) is -2.72. The maximum absolute atomic E-state index is 12.7. The molecule has 0 radical (unpaired) electrons. The number of nitrogens with one attached hydrogen (secondary N) is 3. The number of primary amides is 1. The number of hydrogen-bond acceptors (Lipinski definition) is 9. The molecule has 0 rings (SSSR count). The minimum Gasteiger partial charge on any atom is -0.481 e. The number of carboxylic acids is 2. The van der Waals surface area contributed by atoms with Gasteiger partial charge in [0.05, 0.1) is 12.5 Å². The van der Waals surface area contributed by atoms with Gasteiger partial charge in [-0.3, -0.25) is 24.0 Å². The normalized spacial score (nSPS) is 14.3. The zero-order valence-corrected chi connectivity index (χ0v) is 19.1. The zero-order valence-electron chi connectivity index (χ0n) is 17.4. The number of aliphatic carboxylic acids is 2. The summed E-state index contributed by atoms with van der Waals surface area (Å²) in [5.41, 5.74) is 10.6. The average molecular weight is 496 g/mol. The number of nitrogens with two attached hydrogens (primary N) is 2. The minimum atomic E-state index is -1.58. The van der Waals surface area contributed by atoms with Gasteiger partial charge >= 0.3 is 11.9 Å². The van der Waals surface area contributed by atoms with Gasteiger partial charge in [-0.25, -0.2) is 4.79 Å². The molecule has 15 heteroatoms. The van der Waals surface area contributed by atoms with Crippen LogP contribution in [0.1, 0.15) is 25.7 Å². The Morgan fingerprint density at radius 2 is 1.44 bits per heavy atom. The van der Waals surface area contributed by atoms with Crippen LogP contribution in [0.2, 0.25) is 0 Å². The zero-order chi connectivity index (χ0) is 24.8. The molecule has 0 aliphatic rings. The summed E-state index contributed by atoms with van der Waals surface area (Å²) >= 11 is 5.38. The largest absolute Gasteiger partial charge is 0.481 e. The fourth-order valence-electron chi connectivity index (χ4n) is 2.33. The fraction of sp³-hybridized carbons (Fsp3) is 0.647. The number of thioether (sulfide) groups is 1. The Morgan fingerprint density at radius 3 is 1.91 bits per heavy atom. The molecule has 0 aliphatic heterocycles. The highest BCUT2D eigenvalue weighted by molar-refractivity contribution is 7.98. The molecule has 0 aromatic heterocycles. The van der Waals surface area contributed by atoms with Gasteiger partial charge < -0.3 is 37.6 Å². The van der Waals surface area contributed by atoms with Crippen LogP contribution in [0.4, 0.5) is 0 Å². The topological polar surface area (TPSA) is 231 Å². The average Bonchev–Trinajstić information content (AvgIpc) is 2.71. The molecule has 4 unspecified atom stereocenters. The number of amides is 4. The Balaban J connectivity index is 5.19. The van der Waals surface area contributed by atoms with E-state index in [2.05, 4.69) is 28.6 Å². The van der Waals surface area contributed by atoms with Gasteiger partial charge in [0, 0.05) is 12.2 Å². The third-order valence-electron chi connectivity index (χ3n) is 4.09. The highest BCUT2D eigenvalue weighted by Crippen LogP contribution is 2.04. The summed E-state index contributed by atoms with van der Waals surface area (Å²) in [4.78, 5) is 70.1. The van der Waals surface area contributed by atoms with E-state index in [1.807, 2.05) is 0 Å². The predicted molar refractivity (Wildman–Crippen MR) is 119 cm³/mol. The van der Waals surface area contributed by atoms with Crippen molar-refractivity contribution in [2.45, 2.75) is 49.9 Å². The quantitative estimate of drug-likeness (QED) is 0.103. The van der Waals surface area contributed by atoms with Gasteiger partial charge in [0.15, 0.2) is 0 Å². The smallest absolute Gasteiger partial charge is 0.326 e. The number of carbonyl (C=O) groups is 6. The van der Waals surface area contributed by atoms with Gasteiger partial charge in [0.25, 0.3) is 0 Å². The fourth-order valence-corrected chi connectivity index (χ4v) is 3.06. The van der Waals surface area contributed by atoms with Crippen molar-refractivity contribution in [2.75, 3.05) is 17.8 Å². The van der Waals surface area contributed by atoms with Crippen LogP contribution < -0.4 is 27.4 Å². The van der Waals surface area contributed by atoms with Crippen molar-refractivity contribution in [3.8, 4) is 0 Å². The number of carboxylic acid groups (broad SMARTS) is 2. The van der Waals surface area contributed by atoms with Crippen molar-refractivity contribution in [1.82, 2.24) is 16.0 Å². The Kier molecular flexibility index (Phi) is 14.1. The van der Waals surface area contributed by atoms with Crippen LogP contribution in [-0.2, 0) is 28.8 Å². The minimum absolute atomic E-state index is 0.129. The first kappa shape index (κ1) is 29.5. The summed E-state index contributed by atoms with van der Waals surface area (Å²) in [6.07, 6.45) is 0.869. The third-order valence-corrected chi connectivity index (χ3v) is 5.09. The van der Waals surface area contributed by atoms with E-state index in [4.69, 9.17) is 21.7 Å². The van der Waals surface area contributed by atoms with Crippen LogP contribution in [0.5, 0.6) is 0 Å². The summed E-state index contributed by atoms with van der Waals surface area (Å²) < 4.78 is 0. The van der Waals surface area contributed by atoms with Crippen molar-refractivity contribution in [3.63, 3.8) is 0 Å². The van der Waals surface area contributed by atoms with Crippen LogP contribution in [0.15, 0.2) is 0 Å². The number of hydrogen-bond donors (Lipinski definition) is 8. The maximum Gasteiger partial charge on any atom is 0.326 e. The summed E-state index contributed by atoms with van der Waals surface area (Å²) in [7, 11) is 0. The lowest BCUT2D eigenvalue weighted by Crippen LogP contribution is -2.58. The molecule has 13 nitrogen and oxygen atoms in total. The van der Waals surface area contributed by atoms with Crippen molar-refractivity contribution >= 4 is 60.0 Å². The second-order valence-electron chi connectivity index (χ2n) is 6.70. The summed E-state index contributed by atoms with van der Waals surface area (Å²) in [5.74, 6) is -5.66. The molecule has 0 aliphatic carbocycles. The van der Waals surface area contributed by atoms with E-state index in [0.29, 0.717) is 5.75 Å². The Bertz CT molecular complexity index is 708. The van der Waals surface area contributed by atoms with Crippen molar-refractivity contribution in [1.29, 1.82) is 0 Å². The van der Waals surface area contributed by atoms with E-state index in [0.717, 1.165) is 0 Å². The van der Waals surface area contributed by atoms with Gasteiger partial charge in [0.1, 0.15) is 18.1 Å². The standard InChI is InChI=1S/C17H29N5O8S2/c1-32-5-4-9(20-14(26)8(18)2-3-13(24)25)15(27)22-11(7-31)16(28)21-10(17(29)30)6-12(19)23/h8-11,31H,2-7,18H2,1H3,(H2,19,23)(H,20,26)(H,21,28)(H,22,27)(H,24,25)(H,29,30). The molecule has 0 spiro atoms. The summed E-state index contributed by atoms with van der Waals surface area (Å²) in [6.45, 7) is 0. The first-order valence-electron chi connectivity index (χ1n) is 9.42. The van der Waals surface area contributed by atoms with Crippen LogP contribution in [-0.4, -0.2) is 87.7 Å². The Hall–Kier alpha value is -2.52. The molecule has 4 atom stereocenters. The molecule has 0 aromatic rings. The van der Waals surface area contributed by atoms with Crippen LogP contribution in [0.25, 0.3) is 0 Å². The van der Waals surface area contributed by atoms with Gasteiger partial charge in [-0.15, -0.1) is 0 Å². The van der Waals surface area contributed by atoms with Gasteiger partial charge in [-0.2, -0.15) is 24.4 Å². The second kappa shape index (κ2) is 15.3.